The van der Waals surface area contributed by atoms with E-state index in [-0.39, 0.29) is 17.2 Å². The quantitative estimate of drug-likeness (QED) is 0.872. The Labute approximate surface area is 155 Å². The van der Waals surface area contributed by atoms with Crippen LogP contribution < -0.4 is 5.32 Å². The molecule has 6 nitrogen and oxygen atoms in total. The molecular formula is C20H29N3O3. The molecule has 2 heterocycles. The molecule has 0 aromatic heterocycles. The Balaban J connectivity index is 1.72. The second-order valence-electron chi connectivity index (χ2n) is 7.47. The highest BCUT2D eigenvalue weighted by Crippen LogP contribution is 2.34. The minimum Gasteiger partial charge on any atom is -0.381 e. The number of carbonyl (C=O) groups excluding carboxylic acids is 2. The van der Waals surface area contributed by atoms with Crippen molar-refractivity contribution in [2.24, 2.45) is 0 Å². The van der Waals surface area contributed by atoms with Gasteiger partial charge in [-0.15, -0.1) is 0 Å². The second kappa shape index (κ2) is 8.18. The zero-order valence-corrected chi connectivity index (χ0v) is 15.7. The third kappa shape index (κ3) is 4.07. The van der Waals surface area contributed by atoms with Crippen molar-refractivity contribution in [3.63, 3.8) is 0 Å². The molecule has 1 atom stereocenters. The molecule has 0 radical (unpaired) electrons. The van der Waals surface area contributed by atoms with Crippen LogP contribution in [0.25, 0.3) is 0 Å². The molecule has 0 bridgehead atoms. The van der Waals surface area contributed by atoms with Crippen LogP contribution in [0, 0.1) is 0 Å². The summed E-state index contributed by atoms with van der Waals surface area (Å²) < 4.78 is 5.56. The summed E-state index contributed by atoms with van der Waals surface area (Å²) in [5.74, 6) is -0.101. The van der Waals surface area contributed by atoms with E-state index < -0.39 is 6.04 Å². The second-order valence-corrected chi connectivity index (χ2v) is 7.47. The van der Waals surface area contributed by atoms with Gasteiger partial charge in [-0.25, -0.2) is 0 Å². The van der Waals surface area contributed by atoms with Crippen LogP contribution in [0.5, 0.6) is 0 Å². The number of rotatable bonds is 4. The summed E-state index contributed by atoms with van der Waals surface area (Å²) in [4.78, 5) is 28.6. The number of carbonyl (C=O) groups is 2. The van der Waals surface area contributed by atoms with E-state index in [1.807, 2.05) is 25.2 Å². The Morgan fingerprint density at radius 1 is 1.19 bits per heavy atom. The van der Waals surface area contributed by atoms with Gasteiger partial charge >= 0.3 is 0 Å². The van der Waals surface area contributed by atoms with Gasteiger partial charge in [-0.05, 0) is 25.5 Å². The monoisotopic (exact) mass is 359 g/mol. The predicted molar refractivity (Wildman–Crippen MR) is 99.9 cm³/mol. The Morgan fingerprint density at radius 2 is 1.88 bits per heavy atom. The molecule has 1 aromatic rings. The minimum absolute atomic E-state index is 0.0397. The molecular weight excluding hydrogens is 330 g/mol. The van der Waals surface area contributed by atoms with Crippen molar-refractivity contribution in [3.05, 3.63) is 35.9 Å². The molecule has 3 rings (SSSR count). The highest BCUT2D eigenvalue weighted by Gasteiger charge is 2.37. The number of piperazine rings is 1. The molecule has 6 heteroatoms. The van der Waals surface area contributed by atoms with Gasteiger partial charge in [0.25, 0.3) is 0 Å². The molecule has 0 spiro atoms. The van der Waals surface area contributed by atoms with Crippen molar-refractivity contribution >= 4 is 11.8 Å². The standard InChI is InChI=1S/C20H29N3O3/c1-16(24)23-11-10-22(2)14-18(23)19(25)21-15-20(8-12-26-13-9-20)17-6-4-3-5-7-17/h3-7,18H,8-15H2,1-2H3,(H,21,25). The Kier molecular flexibility index (Phi) is 5.94. The van der Waals surface area contributed by atoms with Crippen LogP contribution in [-0.2, 0) is 19.7 Å². The van der Waals surface area contributed by atoms with E-state index in [1.54, 1.807) is 4.90 Å². The van der Waals surface area contributed by atoms with Gasteiger partial charge in [-0.1, -0.05) is 30.3 Å². The molecule has 26 heavy (non-hydrogen) atoms. The average molecular weight is 359 g/mol. The lowest BCUT2D eigenvalue weighted by Gasteiger charge is -2.41. The smallest absolute Gasteiger partial charge is 0.244 e. The van der Waals surface area contributed by atoms with E-state index in [2.05, 4.69) is 22.3 Å². The van der Waals surface area contributed by atoms with Crippen molar-refractivity contribution in [2.45, 2.75) is 31.2 Å². The molecule has 0 saturated carbocycles. The fraction of sp³-hybridized carbons (Fsp3) is 0.600. The number of benzene rings is 1. The lowest BCUT2D eigenvalue weighted by atomic mass is 9.74. The van der Waals surface area contributed by atoms with Crippen LogP contribution in [0.15, 0.2) is 30.3 Å². The first-order valence-electron chi connectivity index (χ1n) is 9.39. The van der Waals surface area contributed by atoms with Gasteiger partial charge in [0.1, 0.15) is 6.04 Å². The number of nitrogens with zero attached hydrogens (tertiary/aromatic N) is 2. The largest absolute Gasteiger partial charge is 0.381 e. The van der Waals surface area contributed by atoms with Gasteiger partial charge in [-0.2, -0.15) is 0 Å². The molecule has 1 aromatic carbocycles. The first-order chi connectivity index (χ1) is 12.5. The van der Waals surface area contributed by atoms with Crippen LogP contribution in [0.2, 0.25) is 0 Å². The fourth-order valence-electron chi connectivity index (χ4n) is 4.02. The van der Waals surface area contributed by atoms with Crippen molar-refractivity contribution in [2.75, 3.05) is 46.4 Å². The van der Waals surface area contributed by atoms with Gasteiger partial charge in [0.2, 0.25) is 11.8 Å². The summed E-state index contributed by atoms with van der Waals surface area (Å²) in [5, 5.41) is 3.15. The summed E-state index contributed by atoms with van der Waals surface area (Å²) >= 11 is 0. The summed E-state index contributed by atoms with van der Waals surface area (Å²) in [6.45, 7) is 5.50. The Morgan fingerprint density at radius 3 is 2.54 bits per heavy atom. The maximum absolute atomic E-state index is 12.9. The van der Waals surface area contributed by atoms with Gasteiger partial charge in [0.15, 0.2) is 0 Å². The summed E-state index contributed by atoms with van der Waals surface area (Å²) in [6.07, 6.45) is 1.77. The SMILES string of the molecule is CC(=O)N1CCN(C)CC1C(=O)NCC1(c2ccccc2)CCOCC1. The third-order valence-corrected chi connectivity index (χ3v) is 5.73. The van der Waals surface area contributed by atoms with E-state index >= 15 is 0 Å². The maximum atomic E-state index is 12.9. The molecule has 2 saturated heterocycles. The fourth-order valence-corrected chi connectivity index (χ4v) is 4.02. The number of hydrogen-bond acceptors (Lipinski definition) is 4. The van der Waals surface area contributed by atoms with Crippen LogP contribution in [-0.4, -0.2) is 74.1 Å². The number of amides is 2. The molecule has 142 valence electrons. The van der Waals surface area contributed by atoms with Crippen molar-refractivity contribution in [3.8, 4) is 0 Å². The Hall–Kier alpha value is -1.92. The summed E-state index contributed by atoms with van der Waals surface area (Å²) in [5.41, 5.74) is 1.14. The topological polar surface area (TPSA) is 61.9 Å². The molecule has 2 aliphatic heterocycles. The maximum Gasteiger partial charge on any atom is 0.244 e. The first kappa shape index (κ1) is 18.9. The van der Waals surface area contributed by atoms with Crippen LogP contribution in [0.1, 0.15) is 25.3 Å². The van der Waals surface area contributed by atoms with Crippen LogP contribution in [0.4, 0.5) is 0 Å². The lowest BCUT2D eigenvalue weighted by Crippen LogP contribution is -2.60. The van der Waals surface area contributed by atoms with E-state index in [4.69, 9.17) is 4.74 Å². The predicted octanol–water partition coefficient (Wildman–Crippen LogP) is 1.01. The van der Waals surface area contributed by atoms with Crippen LogP contribution in [0.3, 0.4) is 0 Å². The number of hydrogen-bond donors (Lipinski definition) is 1. The molecule has 1 N–H and O–H groups in total. The first-order valence-corrected chi connectivity index (χ1v) is 9.39. The highest BCUT2D eigenvalue weighted by molar-refractivity contribution is 5.87. The van der Waals surface area contributed by atoms with Crippen molar-refractivity contribution in [1.82, 2.24) is 15.1 Å². The van der Waals surface area contributed by atoms with E-state index in [9.17, 15) is 9.59 Å². The molecule has 2 aliphatic rings. The molecule has 2 amide bonds. The summed E-state index contributed by atoms with van der Waals surface area (Å²) in [6, 6.07) is 9.95. The van der Waals surface area contributed by atoms with Gasteiger partial charge in [0.05, 0.1) is 0 Å². The number of ether oxygens (including phenoxy) is 1. The lowest BCUT2D eigenvalue weighted by molar-refractivity contribution is -0.142. The summed E-state index contributed by atoms with van der Waals surface area (Å²) in [7, 11) is 1.99. The highest BCUT2D eigenvalue weighted by atomic mass is 16.5. The molecule has 0 aliphatic carbocycles. The van der Waals surface area contributed by atoms with Gasteiger partial charge in [-0.3, -0.25) is 9.59 Å². The molecule has 2 fully saturated rings. The van der Waals surface area contributed by atoms with E-state index in [0.29, 0.717) is 32.8 Å². The molecule has 1 unspecified atom stereocenters. The number of likely N-dealkylation sites (N-methyl/N-ethyl adjacent to an activating group) is 1. The van der Waals surface area contributed by atoms with Crippen molar-refractivity contribution < 1.29 is 14.3 Å². The average Bonchev–Trinajstić information content (AvgIpc) is 2.67. The Bertz CT molecular complexity index is 628. The minimum atomic E-state index is -0.418. The number of nitrogens with one attached hydrogen (secondary N) is 1. The normalized spacial score (nSPS) is 23.5. The zero-order chi connectivity index (χ0) is 18.6. The van der Waals surface area contributed by atoms with E-state index in [0.717, 1.165) is 19.4 Å². The third-order valence-electron chi connectivity index (χ3n) is 5.73. The van der Waals surface area contributed by atoms with Crippen LogP contribution >= 0.6 is 0 Å². The zero-order valence-electron chi connectivity index (χ0n) is 15.7. The van der Waals surface area contributed by atoms with Crippen molar-refractivity contribution in [1.29, 1.82) is 0 Å². The van der Waals surface area contributed by atoms with Gasteiger partial charge in [0, 0.05) is 51.7 Å². The van der Waals surface area contributed by atoms with E-state index in [1.165, 1.54) is 12.5 Å². The van der Waals surface area contributed by atoms with Gasteiger partial charge < -0.3 is 19.9 Å².